The Hall–Kier alpha value is -1.39. The highest BCUT2D eigenvalue weighted by Crippen LogP contribution is 2.22. The van der Waals surface area contributed by atoms with Crippen LogP contribution in [0.1, 0.15) is 32.6 Å². The Labute approximate surface area is 88.1 Å². The zero-order valence-electron chi connectivity index (χ0n) is 8.73. The van der Waals surface area contributed by atoms with Gasteiger partial charge in [-0.3, -0.25) is 19.3 Å². The average Bonchev–Trinajstić information content (AvgIpc) is 2.17. The van der Waals surface area contributed by atoms with Gasteiger partial charge in [-0.2, -0.15) is 0 Å². The number of amides is 2. The number of carboxylic acid groups (broad SMARTS) is 1. The summed E-state index contributed by atoms with van der Waals surface area (Å²) in [4.78, 5) is 34.6. The number of aliphatic carboxylic acids is 1. The summed E-state index contributed by atoms with van der Waals surface area (Å²) in [6, 6.07) is 0. The van der Waals surface area contributed by atoms with Crippen LogP contribution in [0.2, 0.25) is 0 Å². The van der Waals surface area contributed by atoms with Crippen molar-refractivity contribution in [3.8, 4) is 0 Å². The molecule has 5 nitrogen and oxygen atoms in total. The van der Waals surface area contributed by atoms with E-state index in [2.05, 4.69) is 0 Å². The minimum absolute atomic E-state index is 0.0118. The highest BCUT2D eigenvalue weighted by molar-refractivity contribution is 5.98. The highest BCUT2D eigenvalue weighted by atomic mass is 16.4. The Morgan fingerprint density at radius 3 is 2.73 bits per heavy atom. The van der Waals surface area contributed by atoms with Gasteiger partial charge in [-0.05, 0) is 19.8 Å². The summed E-state index contributed by atoms with van der Waals surface area (Å²) >= 11 is 0. The number of nitrogens with zero attached hydrogens (tertiary/aromatic N) is 1. The minimum atomic E-state index is -0.900. The molecule has 1 N–H and O–H groups in total. The molecular weight excluding hydrogens is 198 g/mol. The van der Waals surface area contributed by atoms with Crippen LogP contribution in [0.15, 0.2) is 0 Å². The number of hydrogen-bond acceptors (Lipinski definition) is 3. The Balaban J connectivity index is 2.57. The summed E-state index contributed by atoms with van der Waals surface area (Å²) < 4.78 is 0. The van der Waals surface area contributed by atoms with E-state index >= 15 is 0 Å². The van der Waals surface area contributed by atoms with Crippen molar-refractivity contribution in [1.82, 2.24) is 4.90 Å². The van der Waals surface area contributed by atoms with E-state index in [0.29, 0.717) is 25.8 Å². The molecule has 5 heteroatoms. The topological polar surface area (TPSA) is 74.7 Å². The van der Waals surface area contributed by atoms with Crippen molar-refractivity contribution in [3.63, 3.8) is 0 Å². The predicted molar refractivity (Wildman–Crippen MR) is 52.0 cm³/mol. The zero-order chi connectivity index (χ0) is 11.4. The van der Waals surface area contributed by atoms with Gasteiger partial charge in [0.15, 0.2) is 0 Å². The molecule has 84 valence electrons. The third-order valence-electron chi connectivity index (χ3n) is 2.65. The number of imide groups is 1. The summed E-state index contributed by atoms with van der Waals surface area (Å²) in [6.45, 7) is 2.12. The summed E-state index contributed by atoms with van der Waals surface area (Å²) in [7, 11) is 0. The molecule has 0 aromatic heterocycles. The van der Waals surface area contributed by atoms with Gasteiger partial charge in [0.1, 0.15) is 0 Å². The smallest absolute Gasteiger partial charge is 0.303 e. The van der Waals surface area contributed by atoms with Gasteiger partial charge in [-0.1, -0.05) is 0 Å². The maximum atomic E-state index is 11.7. The van der Waals surface area contributed by atoms with E-state index in [9.17, 15) is 14.4 Å². The molecule has 1 atom stereocenters. The van der Waals surface area contributed by atoms with Crippen molar-refractivity contribution in [2.24, 2.45) is 5.92 Å². The van der Waals surface area contributed by atoms with Gasteiger partial charge in [-0.15, -0.1) is 0 Å². The van der Waals surface area contributed by atoms with Gasteiger partial charge in [0.2, 0.25) is 11.8 Å². The first-order chi connectivity index (χ1) is 7.06. The second-order valence-corrected chi connectivity index (χ2v) is 3.64. The number of piperidine rings is 1. The molecule has 0 spiro atoms. The van der Waals surface area contributed by atoms with Crippen LogP contribution in [-0.2, 0) is 14.4 Å². The van der Waals surface area contributed by atoms with Crippen molar-refractivity contribution < 1.29 is 19.5 Å². The number of rotatable bonds is 4. The maximum absolute atomic E-state index is 11.7. The highest BCUT2D eigenvalue weighted by Gasteiger charge is 2.32. The molecule has 1 saturated heterocycles. The number of carbonyl (C=O) groups is 3. The number of hydrogen-bond donors (Lipinski definition) is 1. The van der Waals surface area contributed by atoms with Gasteiger partial charge in [-0.25, -0.2) is 0 Å². The van der Waals surface area contributed by atoms with Crippen LogP contribution >= 0.6 is 0 Å². The molecule has 1 aliphatic rings. The molecule has 2 amide bonds. The number of carboxylic acids is 1. The zero-order valence-corrected chi connectivity index (χ0v) is 8.73. The molecule has 1 rings (SSSR count). The standard InChI is InChI=1S/C10H15NO4/c1-2-11-8(12)5-3-7(10(11)15)4-6-9(13)14/h7H,2-6H2,1H3,(H,13,14). The molecule has 0 saturated carbocycles. The molecule has 0 aromatic carbocycles. The van der Waals surface area contributed by atoms with Crippen LogP contribution in [0.4, 0.5) is 0 Å². The quantitative estimate of drug-likeness (QED) is 0.695. The second kappa shape index (κ2) is 4.91. The molecule has 1 aliphatic heterocycles. The number of likely N-dealkylation sites (tertiary alicyclic amines) is 1. The molecule has 0 radical (unpaired) electrons. The van der Waals surface area contributed by atoms with Crippen molar-refractivity contribution >= 4 is 17.8 Å². The Kier molecular flexibility index (Phi) is 3.82. The van der Waals surface area contributed by atoms with Crippen molar-refractivity contribution in [2.75, 3.05) is 6.54 Å². The third kappa shape index (κ3) is 2.78. The molecule has 0 aromatic rings. The van der Waals surface area contributed by atoms with E-state index in [1.807, 2.05) is 0 Å². The summed E-state index contributed by atoms with van der Waals surface area (Å²) in [5, 5.41) is 8.51. The van der Waals surface area contributed by atoms with E-state index in [4.69, 9.17) is 5.11 Å². The molecule has 0 aliphatic carbocycles. The monoisotopic (exact) mass is 213 g/mol. The van der Waals surface area contributed by atoms with Crippen molar-refractivity contribution in [3.05, 3.63) is 0 Å². The predicted octanol–water partition coefficient (Wildman–Crippen LogP) is 0.636. The fourth-order valence-corrected chi connectivity index (χ4v) is 1.80. The summed E-state index contributed by atoms with van der Waals surface area (Å²) in [5.74, 6) is -1.55. The Morgan fingerprint density at radius 2 is 2.20 bits per heavy atom. The van der Waals surface area contributed by atoms with Gasteiger partial charge in [0.05, 0.1) is 0 Å². The first-order valence-corrected chi connectivity index (χ1v) is 5.12. The number of carbonyl (C=O) groups excluding carboxylic acids is 2. The lowest BCUT2D eigenvalue weighted by molar-refractivity contribution is -0.151. The summed E-state index contributed by atoms with van der Waals surface area (Å²) in [6.07, 6.45) is 1.16. The van der Waals surface area contributed by atoms with E-state index < -0.39 is 5.97 Å². The lowest BCUT2D eigenvalue weighted by Gasteiger charge is -2.29. The first kappa shape index (κ1) is 11.7. The molecule has 15 heavy (non-hydrogen) atoms. The SMILES string of the molecule is CCN1C(=O)CCC(CCC(=O)O)C1=O. The van der Waals surface area contributed by atoms with E-state index in [0.717, 1.165) is 0 Å². The molecule has 1 fully saturated rings. The lowest BCUT2D eigenvalue weighted by Crippen LogP contribution is -2.44. The van der Waals surface area contributed by atoms with Crippen LogP contribution in [0, 0.1) is 5.92 Å². The Bertz CT molecular complexity index is 287. The van der Waals surface area contributed by atoms with Crippen LogP contribution in [0.5, 0.6) is 0 Å². The van der Waals surface area contributed by atoms with Gasteiger partial charge in [0, 0.05) is 25.3 Å². The third-order valence-corrected chi connectivity index (χ3v) is 2.65. The van der Waals surface area contributed by atoms with Crippen LogP contribution < -0.4 is 0 Å². The maximum Gasteiger partial charge on any atom is 0.303 e. The van der Waals surface area contributed by atoms with Gasteiger partial charge < -0.3 is 5.11 Å². The van der Waals surface area contributed by atoms with Crippen LogP contribution in [0.3, 0.4) is 0 Å². The normalized spacial score (nSPS) is 21.9. The van der Waals surface area contributed by atoms with E-state index in [1.54, 1.807) is 6.92 Å². The van der Waals surface area contributed by atoms with Crippen LogP contribution in [-0.4, -0.2) is 34.3 Å². The van der Waals surface area contributed by atoms with E-state index in [1.165, 1.54) is 4.90 Å². The molecule has 1 unspecified atom stereocenters. The van der Waals surface area contributed by atoms with Crippen LogP contribution in [0.25, 0.3) is 0 Å². The van der Waals surface area contributed by atoms with E-state index in [-0.39, 0.29) is 24.2 Å². The average molecular weight is 213 g/mol. The van der Waals surface area contributed by atoms with Gasteiger partial charge >= 0.3 is 5.97 Å². The Morgan fingerprint density at radius 1 is 1.53 bits per heavy atom. The van der Waals surface area contributed by atoms with Crippen molar-refractivity contribution in [1.29, 1.82) is 0 Å². The van der Waals surface area contributed by atoms with Crippen molar-refractivity contribution in [2.45, 2.75) is 32.6 Å². The molecular formula is C10H15NO4. The first-order valence-electron chi connectivity index (χ1n) is 5.12. The fraction of sp³-hybridized carbons (Fsp3) is 0.700. The van der Waals surface area contributed by atoms with Gasteiger partial charge in [0.25, 0.3) is 0 Å². The minimum Gasteiger partial charge on any atom is -0.481 e. The lowest BCUT2D eigenvalue weighted by atomic mass is 9.92. The fourth-order valence-electron chi connectivity index (χ4n) is 1.80. The molecule has 1 heterocycles. The largest absolute Gasteiger partial charge is 0.481 e. The summed E-state index contributed by atoms with van der Waals surface area (Å²) in [5.41, 5.74) is 0. The molecule has 0 bridgehead atoms. The second-order valence-electron chi connectivity index (χ2n) is 3.64.